The summed E-state index contributed by atoms with van der Waals surface area (Å²) in [5, 5.41) is 7.53. The Morgan fingerprint density at radius 1 is 0.735 bits per heavy atom. The second kappa shape index (κ2) is 10.2. The molecular formula is C25H22F3N3O3. The highest BCUT2D eigenvalue weighted by atomic mass is 19.4. The van der Waals surface area contributed by atoms with Crippen molar-refractivity contribution in [1.29, 1.82) is 0 Å². The summed E-state index contributed by atoms with van der Waals surface area (Å²) < 4.78 is 38.6. The molecule has 0 fully saturated rings. The van der Waals surface area contributed by atoms with Gasteiger partial charge in [-0.2, -0.15) is 13.2 Å². The second-order valence-corrected chi connectivity index (χ2v) is 7.72. The van der Waals surface area contributed by atoms with Crippen LogP contribution in [0.2, 0.25) is 0 Å². The molecule has 34 heavy (non-hydrogen) atoms. The topological polar surface area (TPSA) is 87.3 Å². The molecule has 3 aromatic carbocycles. The number of carbonyl (C=O) groups is 3. The van der Waals surface area contributed by atoms with Crippen molar-refractivity contribution < 1.29 is 27.6 Å². The maximum Gasteiger partial charge on any atom is 0.416 e. The number of amides is 3. The van der Waals surface area contributed by atoms with Gasteiger partial charge in [0.25, 0.3) is 11.8 Å². The van der Waals surface area contributed by atoms with Crippen LogP contribution in [0.15, 0.2) is 66.7 Å². The summed E-state index contributed by atoms with van der Waals surface area (Å²) in [6.07, 6.45) is -4.53. The SMILES string of the molecule is Cc1cc(C)cc(C(=O)NCC(=O)Nc2cccc(C(=O)Nc3cccc(C(F)(F)F)c3)c2)c1. The van der Waals surface area contributed by atoms with E-state index in [2.05, 4.69) is 16.0 Å². The van der Waals surface area contributed by atoms with Crippen molar-refractivity contribution >= 4 is 29.1 Å². The number of carbonyl (C=O) groups excluding carboxylic acids is 3. The number of rotatable bonds is 6. The van der Waals surface area contributed by atoms with E-state index < -0.39 is 29.5 Å². The first-order valence-corrected chi connectivity index (χ1v) is 10.3. The molecule has 6 nitrogen and oxygen atoms in total. The molecule has 3 amide bonds. The van der Waals surface area contributed by atoms with Gasteiger partial charge in [-0.1, -0.05) is 29.3 Å². The first-order valence-electron chi connectivity index (χ1n) is 10.3. The van der Waals surface area contributed by atoms with Crippen molar-refractivity contribution in [2.24, 2.45) is 0 Å². The highest BCUT2D eigenvalue weighted by Gasteiger charge is 2.30. The number of hydrogen-bond donors (Lipinski definition) is 3. The molecule has 0 spiro atoms. The smallest absolute Gasteiger partial charge is 0.343 e. The zero-order valence-corrected chi connectivity index (χ0v) is 18.4. The molecule has 0 aliphatic carbocycles. The van der Waals surface area contributed by atoms with E-state index in [1.165, 1.54) is 30.3 Å². The molecule has 0 aromatic heterocycles. The average Bonchev–Trinajstić information content (AvgIpc) is 2.76. The third-order valence-corrected chi connectivity index (χ3v) is 4.75. The predicted octanol–water partition coefficient (Wildman–Crippen LogP) is 4.94. The van der Waals surface area contributed by atoms with Crippen LogP contribution in [0.3, 0.4) is 0 Å². The Kier molecular flexibility index (Phi) is 7.35. The van der Waals surface area contributed by atoms with E-state index in [-0.39, 0.29) is 17.8 Å². The minimum absolute atomic E-state index is 0.0108. The van der Waals surface area contributed by atoms with Crippen LogP contribution in [-0.4, -0.2) is 24.3 Å². The predicted molar refractivity (Wildman–Crippen MR) is 123 cm³/mol. The number of benzene rings is 3. The number of halogens is 3. The Balaban J connectivity index is 1.60. The standard InChI is InChI=1S/C25H22F3N3O3/c1-15-9-16(2)11-18(10-15)23(33)29-14-22(32)30-20-7-3-5-17(12-20)24(34)31-21-8-4-6-19(13-21)25(26,27)28/h3-13H,14H2,1-2H3,(H,29,33)(H,30,32)(H,31,34). The lowest BCUT2D eigenvalue weighted by Crippen LogP contribution is -2.33. The maximum absolute atomic E-state index is 12.9. The van der Waals surface area contributed by atoms with Gasteiger partial charge in [-0.3, -0.25) is 14.4 Å². The summed E-state index contributed by atoms with van der Waals surface area (Å²) in [6.45, 7) is 3.45. The molecule has 0 heterocycles. The van der Waals surface area contributed by atoms with Gasteiger partial charge >= 0.3 is 6.18 Å². The number of hydrogen-bond acceptors (Lipinski definition) is 3. The summed E-state index contributed by atoms with van der Waals surface area (Å²) in [7, 11) is 0. The first kappa shape index (κ1) is 24.5. The lowest BCUT2D eigenvalue weighted by atomic mass is 10.1. The van der Waals surface area contributed by atoms with E-state index in [1.807, 2.05) is 19.9 Å². The van der Waals surface area contributed by atoms with Crippen LogP contribution in [-0.2, 0) is 11.0 Å². The van der Waals surface area contributed by atoms with Crippen LogP contribution in [0.1, 0.15) is 37.4 Å². The molecule has 3 aromatic rings. The fourth-order valence-corrected chi connectivity index (χ4v) is 3.29. The number of alkyl halides is 3. The maximum atomic E-state index is 12.9. The summed E-state index contributed by atoms with van der Waals surface area (Å²) >= 11 is 0. The van der Waals surface area contributed by atoms with Crippen LogP contribution >= 0.6 is 0 Å². The van der Waals surface area contributed by atoms with Gasteiger partial charge in [0.15, 0.2) is 0 Å². The highest BCUT2D eigenvalue weighted by Crippen LogP contribution is 2.30. The highest BCUT2D eigenvalue weighted by molar-refractivity contribution is 6.05. The van der Waals surface area contributed by atoms with Gasteiger partial charge in [0.1, 0.15) is 0 Å². The van der Waals surface area contributed by atoms with Gasteiger partial charge < -0.3 is 16.0 Å². The Labute approximate surface area is 194 Å². The lowest BCUT2D eigenvalue weighted by Gasteiger charge is -2.11. The van der Waals surface area contributed by atoms with Crippen LogP contribution < -0.4 is 16.0 Å². The molecule has 3 rings (SSSR count). The third-order valence-electron chi connectivity index (χ3n) is 4.75. The zero-order chi connectivity index (χ0) is 24.9. The Morgan fingerprint density at radius 3 is 2.00 bits per heavy atom. The molecule has 0 saturated carbocycles. The molecule has 0 bridgehead atoms. The summed E-state index contributed by atoms with van der Waals surface area (Å²) in [4.78, 5) is 37.0. The van der Waals surface area contributed by atoms with E-state index in [0.717, 1.165) is 23.3 Å². The molecule has 0 unspecified atom stereocenters. The van der Waals surface area contributed by atoms with Crippen molar-refractivity contribution in [3.8, 4) is 0 Å². The fourth-order valence-electron chi connectivity index (χ4n) is 3.29. The number of aryl methyl sites for hydroxylation is 2. The fraction of sp³-hybridized carbons (Fsp3) is 0.160. The lowest BCUT2D eigenvalue weighted by molar-refractivity contribution is -0.137. The first-order chi connectivity index (χ1) is 16.0. The van der Waals surface area contributed by atoms with Crippen molar-refractivity contribution in [3.05, 3.63) is 94.5 Å². The van der Waals surface area contributed by atoms with Gasteiger partial charge in [-0.15, -0.1) is 0 Å². The zero-order valence-electron chi connectivity index (χ0n) is 18.4. The minimum Gasteiger partial charge on any atom is -0.343 e. The molecule has 0 saturated heterocycles. The van der Waals surface area contributed by atoms with E-state index in [0.29, 0.717) is 11.3 Å². The molecular weight excluding hydrogens is 447 g/mol. The van der Waals surface area contributed by atoms with Crippen molar-refractivity contribution in [2.45, 2.75) is 20.0 Å². The number of anilines is 2. The number of nitrogens with one attached hydrogen (secondary N) is 3. The van der Waals surface area contributed by atoms with Crippen LogP contribution in [0.5, 0.6) is 0 Å². The van der Waals surface area contributed by atoms with Crippen molar-refractivity contribution in [3.63, 3.8) is 0 Å². The van der Waals surface area contributed by atoms with Crippen molar-refractivity contribution in [2.75, 3.05) is 17.2 Å². The molecule has 9 heteroatoms. The van der Waals surface area contributed by atoms with Crippen LogP contribution in [0.4, 0.5) is 24.5 Å². The van der Waals surface area contributed by atoms with Gasteiger partial charge in [-0.25, -0.2) is 0 Å². The van der Waals surface area contributed by atoms with Crippen LogP contribution in [0.25, 0.3) is 0 Å². The van der Waals surface area contributed by atoms with E-state index in [9.17, 15) is 27.6 Å². The van der Waals surface area contributed by atoms with Crippen molar-refractivity contribution in [1.82, 2.24) is 5.32 Å². The Hall–Kier alpha value is -4.14. The quantitative estimate of drug-likeness (QED) is 0.478. The summed E-state index contributed by atoms with van der Waals surface area (Å²) in [6, 6.07) is 15.5. The Bertz CT molecular complexity index is 1220. The van der Waals surface area contributed by atoms with E-state index in [1.54, 1.807) is 18.2 Å². The summed E-state index contributed by atoms with van der Waals surface area (Å²) in [5.41, 5.74) is 1.83. The molecule has 0 aliphatic rings. The minimum atomic E-state index is -4.53. The van der Waals surface area contributed by atoms with Gasteiger partial charge in [0, 0.05) is 22.5 Å². The average molecular weight is 469 g/mol. The molecule has 3 N–H and O–H groups in total. The third kappa shape index (κ3) is 6.68. The molecule has 0 radical (unpaired) electrons. The molecule has 0 atom stereocenters. The Morgan fingerprint density at radius 2 is 1.35 bits per heavy atom. The normalized spacial score (nSPS) is 11.0. The van der Waals surface area contributed by atoms with E-state index >= 15 is 0 Å². The molecule has 176 valence electrons. The van der Waals surface area contributed by atoms with Gasteiger partial charge in [0.05, 0.1) is 12.1 Å². The van der Waals surface area contributed by atoms with E-state index in [4.69, 9.17) is 0 Å². The van der Waals surface area contributed by atoms with Crippen LogP contribution in [0, 0.1) is 13.8 Å². The summed E-state index contributed by atoms with van der Waals surface area (Å²) in [5.74, 6) is -1.54. The largest absolute Gasteiger partial charge is 0.416 e. The van der Waals surface area contributed by atoms with Gasteiger partial charge in [0.2, 0.25) is 5.91 Å². The molecule has 0 aliphatic heterocycles. The monoisotopic (exact) mass is 469 g/mol. The second-order valence-electron chi connectivity index (χ2n) is 7.72. The van der Waals surface area contributed by atoms with Gasteiger partial charge in [-0.05, 0) is 62.4 Å².